The molecule has 8 heteroatoms. The molecule has 1 aromatic carbocycles. The first-order chi connectivity index (χ1) is 12.1. The van der Waals surface area contributed by atoms with Crippen molar-refractivity contribution in [2.45, 2.75) is 25.7 Å². The minimum Gasteiger partial charge on any atom is -0.493 e. The third-order valence-corrected chi connectivity index (χ3v) is 3.72. The van der Waals surface area contributed by atoms with Gasteiger partial charge in [-0.15, -0.1) is 4.73 Å². The standard InChI is InChI=1S/C17H22N2O6/c1-22-14-9-12-13(10-15(14)23-2)18-11-19(17(12)21)25-8-6-4-5-7-16(20)24-3/h9-11H,4-8H2,1-3H3. The van der Waals surface area contributed by atoms with Gasteiger partial charge in [-0.2, -0.15) is 0 Å². The van der Waals surface area contributed by atoms with Crippen molar-refractivity contribution in [1.29, 1.82) is 0 Å². The maximum Gasteiger partial charge on any atom is 0.305 e. The number of methoxy groups -OCH3 is 3. The molecule has 2 rings (SSSR count). The summed E-state index contributed by atoms with van der Waals surface area (Å²) in [7, 11) is 4.40. The van der Waals surface area contributed by atoms with E-state index in [0.717, 1.165) is 17.6 Å². The summed E-state index contributed by atoms with van der Waals surface area (Å²) in [5, 5.41) is 0.380. The number of carbonyl (C=O) groups is 1. The summed E-state index contributed by atoms with van der Waals surface area (Å²) in [5.41, 5.74) is 0.182. The summed E-state index contributed by atoms with van der Waals surface area (Å²) >= 11 is 0. The molecule has 25 heavy (non-hydrogen) atoms. The molecule has 1 heterocycles. The molecule has 0 spiro atoms. The number of hydrogen-bond acceptors (Lipinski definition) is 7. The molecular formula is C17H22N2O6. The number of hydrogen-bond donors (Lipinski definition) is 0. The van der Waals surface area contributed by atoms with Gasteiger partial charge >= 0.3 is 5.97 Å². The van der Waals surface area contributed by atoms with Gasteiger partial charge in [0, 0.05) is 12.5 Å². The first-order valence-corrected chi connectivity index (χ1v) is 7.94. The SMILES string of the molecule is COC(=O)CCCCCOn1cnc2cc(OC)c(OC)cc2c1=O. The minimum absolute atomic E-state index is 0.222. The van der Waals surface area contributed by atoms with Gasteiger partial charge in [0.15, 0.2) is 11.5 Å². The van der Waals surface area contributed by atoms with Gasteiger partial charge < -0.3 is 19.0 Å². The summed E-state index contributed by atoms with van der Waals surface area (Å²) in [6.45, 7) is 0.349. The van der Waals surface area contributed by atoms with E-state index in [0.29, 0.717) is 41.9 Å². The van der Waals surface area contributed by atoms with Crippen molar-refractivity contribution in [3.8, 4) is 11.5 Å². The lowest BCUT2D eigenvalue weighted by molar-refractivity contribution is -0.140. The second kappa shape index (κ2) is 8.91. The molecule has 0 aliphatic rings. The summed E-state index contributed by atoms with van der Waals surface area (Å²) in [6.07, 6.45) is 3.96. The fourth-order valence-electron chi connectivity index (χ4n) is 2.34. The Kier molecular flexibility index (Phi) is 6.62. The molecule has 0 atom stereocenters. The van der Waals surface area contributed by atoms with Crippen LogP contribution >= 0.6 is 0 Å². The number of fused-ring (bicyclic) bond motifs is 1. The number of carbonyl (C=O) groups excluding carboxylic acids is 1. The van der Waals surface area contributed by atoms with Crippen LogP contribution in [0, 0.1) is 0 Å². The van der Waals surface area contributed by atoms with Gasteiger partial charge in [0.2, 0.25) is 0 Å². The van der Waals surface area contributed by atoms with Crippen LogP contribution in [-0.2, 0) is 9.53 Å². The van der Waals surface area contributed by atoms with Crippen molar-refractivity contribution < 1.29 is 23.8 Å². The topological polar surface area (TPSA) is 88.9 Å². The van der Waals surface area contributed by atoms with Crippen molar-refractivity contribution >= 4 is 16.9 Å². The summed E-state index contributed by atoms with van der Waals surface area (Å²) in [4.78, 5) is 33.2. The molecule has 0 saturated heterocycles. The second-order valence-corrected chi connectivity index (χ2v) is 5.32. The molecule has 2 aromatic rings. The van der Waals surface area contributed by atoms with Gasteiger partial charge in [0.05, 0.1) is 32.2 Å². The average molecular weight is 350 g/mol. The smallest absolute Gasteiger partial charge is 0.305 e. The number of esters is 1. The Morgan fingerprint density at radius 2 is 1.80 bits per heavy atom. The second-order valence-electron chi connectivity index (χ2n) is 5.32. The van der Waals surface area contributed by atoms with Crippen molar-refractivity contribution in [3.05, 3.63) is 28.8 Å². The molecule has 0 N–H and O–H groups in total. The van der Waals surface area contributed by atoms with Gasteiger partial charge in [-0.1, -0.05) is 0 Å². The molecule has 136 valence electrons. The van der Waals surface area contributed by atoms with Crippen LogP contribution < -0.4 is 19.9 Å². The molecule has 0 radical (unpaired) electrons. The lowest BCUT2D eigenvalue weighted by atomic mass is 10.2. The van der Waals surface area contributed by atoms with E-state index >= 15 is 0 Å². The molecule has 0 fully saturated rings. The van der Waals surface area contributed by atoms with Crippen LogP contribution in [0.4, 0.5) is 0 Å². The molecule has 0 bridgehead atoms. The van der Waals surface area contributed by atoms with Crippen LogP contribution in [0.2, 0.25) is 0 Å². The van der Waals surface area contributed by atoms with E-state index in [1.54, 1.807) is 12.1 Å². The van der Waals surface area contributed by atoms with Gasteiger partial charge in [0.1, 0.15) is 12.9 Å². The molecular weight excluding hydrogens is 328 g/mol. The van der Waals surface area contributed by atoms with E-state index in [1.807, 2.05) is 0 Å². The Hall–Kier alpha value is -2.77. The Morgan fingerprint density at radius 1 is 1.08 bits per heavy atom. The fourth-order valence-corrected chi connectivity index (χ4v) is 2.34. The number of benzene rings is 1. The largest absolute Gasteiger partial charge is 0.493 e. The normalized spacial score (nSPS) is 10.5. The number of rotatable bonds is 9. The van der Waals surface area contributed by atoms with Crippen LogP contribution in [0.15, 0.2) is 23.3 Å². The minimum atomic E-state index is -0.319. The molecule has 0 unspecified atom stereocenters. The monoisotopic (exact) mass is 350 g/mol. The highest BCUT2D eigenvalue weighted by Gasteiger charge is 2.11. The zero-order valence-electron chi connectivity index (χ0n) is 14.6. The van der Waals surface area contributed by atoms with Crippen molar-refractivity contribution in [2.75, 3.05) is 27.9 Å². The highest BCUT2D eigenvalue weighted by atomic mass is 16.7. The Morgan fingerprint density at radius 3 is 2.48 bits per heavy atom. The van der Waals surface area contributed by atoms with Crippen molar-refractivity contribution in [3.63, 3.8) is 0 Å². The van der Waals surface area contributed by atoms with Gasteiger partial charge in [-0.25, -0.2) is 4.98 Å². The van der Waals surface area contributed by atoms with Gasteiger partial charge in [-0.3, -0.25) is 9.59 Å². The Bertz CT molecular complexity index is 787. The highest BCUT2D eigenvalue weighted by molar-refractivity contribution is 5.81. The molecule has 0 aliphatic heterocycles. The van der Waals surface area contributed by atoms with Gasteiger partial charge in [0.25, 0.3) is 5.56 Å². The third-order valence-electron chi connectivity index (χ3n) is 3.72. The van der Waals surface area contributed by atoms with Crippen molar-refractivity contribution in [2.24, 2.45) is 0 Å². The predicted molar refractivity (Wildman–Crippen MR) is 91.0 cm³/mol. The fraction of sp³-hybridized carbons (Fsp3) is 0.471. The van der Waals surface area contributed by atoms with E-state index in [4.69, 9.17) is 14.3 Å². The zero-order valence-corrected chi connectivity index (χ0v) is 14.6. The summed E-state index contributed by atoms with van der Waals surface area (Å²) in [5.74, 6) is 0.737. The van der Waals surface area contributed by atoms with Crippen LogP contribution in [0.1, 0.15) is 25.7 Å². The third kappa shape index (κ3) is 4.62. The lowest BCUT2D eigenvalue weighted by Crippen LogP contribution is -2.27. The van der Waals surface area contributed by atoms with E-state index < -0.39 is 0 Å². The molecule has 0 amide bonds. The average Bonchev–Trinajstić information content (AvgIpc) is 2.64. The van der Waals surface area contributed by atoms with E-state index in [-0.39, 0.29) is 11.5 Å². The van der Waals surface area contributed by atoms with Crippen LogP contribution in [0.3, 0.4) is 0 Å². The van der Waals surface area contributed by atoms with Crippen molar-refractivity contribution in [1.82, 2.24) is 9.71 Å². The highest BCUT2D eigenvalue weighted by Crippen LogP contribution is 2.29. The number of nitrogens with zero attached hydrogens (tertiary/aromatic N) is 2. The maximum absolute atomic E-state index is 12.5. The molecule has 0 saturated carbocycles. The number of aromatic nitrogens is 2. The van der Waals surface area contributed by atoms with Crippen LogP contribution in [0.25, 0.3) is 10.9 Å². The van der Waals surface area contributed by atoms with E-state index in [1.165, 1.54) is 27.7 Å². The summed E-state index contributed by atoms with van der Waals surface area (Å²) in [6, 6.07) is 3.23. The first kappa shape index (κ1) is 18.6. The molecule has 1 aromatic heterocycles. The lowest BCUT2D eigenvalue weighted by Gasteiger charge is -2.11. The van der Waals surface area contributed by atoms with Gasteiger partial charge in [-0.05, 0) is 25.3 Å². The quantitative estimate of drug-likeness (QED) is 0.501. The Balaban J connectivity index is 2.01. The number of unbranched alkanes of at least 4 members (excludes halogenated alkanes) is 2. The van der Waals surface area contributed by atoms with E-state index in [2.05, 4.69) is 9.72 Å². The number of ether oxygens (including phenoxy) is 3. The maximum atomic E-state index is 12.5. The zero-order chi connectivity index (χ0) is 18.2. The molecule has 0 aliphatic carbocycles. The predicted octanol–water partition coefficient (Wildman–Crippen LogP) is 1.58. The first-order valence-electron chi connectivity index (χ1n) is 7.94. The summed E-state index contributed by atoms with van der Waals surface area (Å²) < 4.78 is 16.1. The van der Waals surface area contributed by atoms with E-state index in [9.17, 15) is 9.59 Å². The van der Waals surface area contributed by atoms with Crippen LogP contribution in [-0.4, -0.2) is 43.6 Å². The van der Waals surface area contributed by atoms with Crippen LogP contribution in [0.5, 0.6) is 11.5 Å². The Labute approximate surface area is 145 Å². The molecule has 8 nitrogen and oxygen atoms in total.